The summed E-state index contributed by atoms with van der Waals surface area (Å²) < 4.78 is 35.2. The molecule has 1 aliphatic rings. The van der Waals surface area contributed by atoms with Crippen molar-refractivity contribution in [1.29, 1.82) is 0 Å². The Hall–Kier alpha value is -2.00. The number of halogens is 2. The minimum atomic E-state index is -4.53. The van der Waals surface area contributed by atoms with E-state index in [-0.39, 0.29) is 22.0 Å². The predicted molar refractivity (Wildman–Crippen MR) is 128 cm³/mol. The molecule has 0 aliphatic heterocycles. The Morgan fingerprint density at radius 2 is 1.61 bits per heavy atom. The highest BCUT2D eigenvalue weighted by molar-refractivity contribution is 9.12. The topological polar surface area (TPSA) is 91.7 Å². The van der Waals surface area contributed by atoms with Crippen LogP contribution in [-0.2, 0) is 14.9 Å². The first kappa shape index (κ1) is 23.7. The molecule has 1 aliphatic carbocycles. The van der Waals surface area contributed by atoms with Gasteiger partial charge in [0.1, 0.15) is 10.6 Å². The van der Waals surface area contributed by atoms with Crippen molar-refractivity contribution in [3.05, 3.63) is 84.3 Å². The normalized spacial score (nSPS) is 16.5. The lowest BCUT2D eigenvalue weighted by atomic mass is 9.83. The van der Waals surface area contributed by atoms with Crippen LogP contribution < -0.4 is 0 Å². The van der Waals surface area contributed by atoms with E-state index in [2.05, 4.69) is 31.9 Å². The van der Waals surface area contributed by atoms with Crippen molar-refractivity contribution in [2.24, 2.45) is 0 Å². The molecule has 0 unspecified atom stereocenters. The van der Waals surface area contributed by atoms with Crippen LogP contribution in [0.25, 0.3) is 5.57 Å². The fourth-order valence-corrected chi connectivity index (χ4v) is 5.32. The van der Waals surface area contributed by atoms with Gasteiger partial charge in [0.05, 0.1) is 8.96 Å². The van der Waals surface area contributed by atoms with Crippen molar-refractivity contribution in [2.75, 3.05) is 0 Å². The fourth-order valence-electron chi connectivity index (χ4n) is 3.57. The van der Waals surface area contributed by atoms with Gasteiger partial charge < -0.3 is 5.11 Å². The molecular weight excluding hydrogens is 548 g/mol. The Morgan fingerprint density at radius 3 is 2.23 bits per heavy atom. The zero-order valence-corrected chi connectivity index (χ0v) is 21.2. The molecule has 2 N–H and O–H groups in total. The zero-order chi connectivity index (χ0) is 23.2. The Balaban J connectivity index is 2.59. The number of carbonyl (C=O) groups excluding carboxylic acids is 1. The van der Waals surface area contributed by atoms with Gasteiger partial charge >= 0.3 is 0 Å². The number of hydrogen-bond acceptors (Lipinski definition) is 4. The van der Waals surface area contributed by atoms with E-state index < -0.39 is 10.1 Å². The number of aromatic hydroxyl groups is 1. The van der Waals surface area contributed by atoms with Gasteiger partial charge in [-0.05, 0) is 117 Å². The quantitative estimate of drug-likeness (QED) is 0.443. The summed E-state index contributed by atoms with van der Waals surface area (Å²) in [5.41, 5.74) is 4.50. The van der Waals surface area contributed by atoms with E-state index >= 15 is 0 Å². The van der Waals surface area contributed by atoms with Crippen molar-refractivity contribution in [3.63, 3.8) is 0 Å². The first-order chi connectivity index (χ1) is 14.4. The van der Waals surface area contributed by atoms with Gasteiger partial charge in [-0.2, -0.15) is 8.42 Å². The van der Waals surface area contributed by atoms with E-state index in [4.69, 9.17) is 0 Å². The average Bonchev–Trinajstić information content (AvgIpc) is 2.72. The van der Waals surface area contributed by atoms with Crippen LogP contribution >= 0.6 is 31.9 Å². The second kappa shape index (κ2) is 8.50. The maximum atomic E-state index is 12.5. The van der Waals surface area contributed by atoms with Gasteiger partial charge in [0.15, 0.2) is 5.78 Å². The number of phenolic OH excluding ortho intramolecular Hbond substituents is 1. The highest BCUT2D eigenvalue weighted by Gasteiger charge is 2.28. The molecule has 2 aromatic carbocycles. The molecule has 5 nitrogen and oxygen atoms in total. The highest BCUT2D eigenvalue weighted by Crippen LogP contribution is 2.43. The van der Waals surface area contributed by atoms with Crippen LogP contribution in [0, 0.1) is 13.8 Å². The van der Waals surface area contributed by atoms with Crippen molar-refractivity contribution in [1.82, 2.24) is 0 Å². The van der Waals surface area contributed by atoms with E-state index in [1.165, 1.54) is 12.1 Å². The molecule has 0 spiro atoms. The molecule has 0 bridgehead atoms. The molecule has 0 atom stereocenters. The Kier molecular flexibility index (Phi) is 6.49. The van der Waals surface area contributed by atoms with Crippen molar-refractivity contribution < 1.29 is 22.9 Å². The fraction of sp³-hybridized carbons (Fsp3) is 0.174. The van der Waals surface area contributed by atoms with Gasteiger partial charge in [-0.1, -0.05) is 18.2 Å². The Morgan fingerprint density at radius 1 is 1.00 bits per heavy atom. The van der Waals surface area contributed by atoms with Gasteiger partial charge in [-0.15, -0.1) is 0 Å². The van der Waals surface area contributed by atoms with Crippen LogP contribution in [0.3, 0.4) is 0 Å². The van der Waals surface area contributed by atoms with Crippen LogP contribution in [0.15, 0.2) is 67.0 Å². The van der Waals surface area contributed by atoms with Crippen LogP contribution in [0.1, 0.15) is 36.1 Å². The van der Waals surface area contributed by atoms with Crippen LogP contribution in [0.5, 0.6) is 5.75 Å². The lowest BCUT2D eigenvalue weighted by molar-refractivity contribution is -0.111. The standard InChI is InChI=1S/C23H20Br2O5S/c1-11-9-16(13(3)20(24)22(11)26)19(15-7-5-6-8-18(15)31(28,29)30)17-10-12(2)23(27)21(25)14(17)4/h5-10,26H,1-4H3,(H,28,29,30). The minimum absolute atomic E-state index is 0.0904. The average molecular weight is 568 g/mol. The lowest BCUT2D eigenvalue weighted by Gasteiger charge is -2.23. The third-order valence-electron chi connectivity index (χ3n) is 5.30. The predicted octanol–water partition coefficient (Wildman–Crippen LogP) is 6.02. The molecule has 3 rings (SSSR count). The first-order valence-electron chi connectivity index (χ1n) is 9.26. The smallest absolute Gasteiger partial charge is 0.295 e. The summed E-state index contributed by atoms with van der Waals surface area (Å²) in [5, 5.41) is 10.4. The summed E-state index contributed by atoms with van der Waals surface area (Å²) in [6, 6.07) is 7.92. The highest BCUT2D eigenvalue weighted by atomic mass is 79.9. The molecule has 0 aromatic heterocycles. The number of hydrogen-bond donors (Lipinski definition) is 2. The monoisotopic (exact) mass is 566 g/mol. The second-order valence-electron chi connectivity index (χ2n) is 7.38. The minimum Gasteiger partial charge on any atom is -0.506 e. The largest absolute Gasteiger partial charge is 0.506 e. The molecule has 2 aromatic rings. The number of rotatable bonds is 3. The Labute approximate surface area is 198 Å². The van der Waals surface area contributed by atoms with Crippen molar-refractivity contribution in [2.45, 2.75) is 32.6 Å². The lowest BCUT2D eigenvalue weighted by Crippen LogP contribution is -2.12. The summed E-state index contributed by atoms with van der Waals surface area (Å²) in [6.45, 7) is 7.00. The number of allylic oxidation sites excluding steroid dienone is 5. The van der Waals surface area contributed by atoms with Gasteiger partial charge in [-0.25, -0.2) is 0 Å². The summed E-state index contributed by atoms with van der Waals surface area (Å²) in [6.07, 6.45) is 1.72. The van der Waals surface area contributed by atoms with Gasteiger partial charge in [0, 0.05) is 5.56 Å². The van der Waals surface area contributed by atoms with E-state index in [1.54, 1.807) is 52.0 Å². The zero-order valence-electron chi connectivity index (χ0n) is 17.2. The van der Waals surface area contributed by atoms with Gasteiger partial charge in [-0.3, -0.25) is 9.35 Å². The number of Topliss-reactive ketones (excluding diaryl/α,β-unsaturated/α-hetero) is 1. The maximum Gasteiger partial charge on any atom is 0.295 e. The van der Waals surface area contributed by atoms with E-state index in [9.17, 15) is 22.9 Å². The van der Waals surface area contributed by atoms with Crippen molar-refractivity contribution in [3.8, 4) is 5.75 Å². The maximum absolute atomic E-state index is 12.5. The molecule has 0 amide bonds. The SMILES string of the molecule is CC1=CC(=C(c2ccccc2S(=O)(=O)O)c2cc(C)c(O)c(Br)c2C)C(C)=C(Br)C1=O. The molecule has 162 valence electrons. The first-order valence-corrected chi connectivity index (χ1v) is 12.3. The van der Waals surface area contributed by atoms with Crippen LogP contribution in [-0.4, -0.2) is 23.9 Å². The summed E-state index contributed by atoms with van der Waals surface area (Å²) in [4.78, 5) is 12.2. The third-order valence-corrected chi connectivity index (χ3v) is 8.14. The van der Waals surface area contributed by atoms with Gasteiger partial charge in [0.2, 0.25) is 0 Å². The second-order valence-corrected chi connectivity index (χ2v) is 10.4. The van der Waals surface area contributed by atoms with E-state index in [0.717, 1.165) is 0 Å². The molecule has 0 heterocycles. The molecule has 0 radical (unpaired) electrons. The molecule has 8 heteroatoms. The Bertz CT molecular complexity index is 1330. The molecule has 0 saturated carbocycles. The molecule has 31 heavy (non-hydrogen) atoms. The molecule has 0 fully saturated rings. The number of carbonyl (C=O) groups is 1. The van der Waals surface area contributed by atoms with Crippen LogP contribution in [0.4, 0.5) is 0 Å². The summed E-state index contributed by atoms with van der Waals surface area (Å²) >= 11 is 6.79. The third kappa shape index (κ3) is 4.22. The molecule has 0 saturated heterocycles. The number of aryl methyl sites for hydroxylation is 1. The van der Waals surface area contributed by atoms with Crippen molar-refractivity contribution >= 4 is 53.3 Å². The van der Waals surface area contributed by atoms with E-state index in [0.29, 0.717) is 47.9 Å². The summed E-state index contributed by atoms with van der Waals surface area (Å²) in [7, 11) is -4.53. The van der Waals surface area contributed by atoms with Gasteiger partial charge in [0.25, 0.3) is 10.1 Å². The summed E-state index contributed by atoms with van der Waals surface area (Å²) in [5.74, 6) is -0.0592. The molecular formula is C23H20Br2O5S. The number of phenols is 1. The van der Waals surface area contributed by atoms with Crippen LogP contribution in [0.2, 0.25) is 0 Å². The number of ketones is 1. The van der Waals surface area contributed by atoms with E-state index in [1.807, 2.05) is 0 Å². The number of benzene rings is 2.